The first-order valence-corrected chi connectivity index (χ1v) is 9.38. The maximum absolute atomic E-state index is 13.9. The highest BCUT2D eigenvalue weighted by Crippen LogP contribution is 2.34. The van der Waals surface area contributed by atoms with E-state index in [-0.39, 0.29) is 17.0 Å². The number of rotatable bonds is 3. The predicted molar refractivity (Wildman–Crippen MR) is 97.8 cm³/mol. The summed E-state index contributed by atoms with van der Waals surface area (Å²) in [6.07, 6.45) is -4.60. The highest BCUT2D eigenvalue weighted by Gasteiger charge is 2.35. The van der Waals surface area contributed by atoms with E-state index in [0.29, 0.717) is 5.69 Å². The third-order valence-electron chi connectivity index (χ3n) is 3.45. The highest BCUT2D eigenvalue weighted by molar-refractivity contribution is 7.86. The number of para-hydroxylation sites is 1. The van der Waals surface area contributed by atoms with Crippen LogP contribution in [0.2, 0.25) is 0 Å². The van der Waals surface area contributed by atoms with Crippen LogP contribution in [-0.2, 0) is 16.4 Å². The van der Waals surface area contributed by atoms with E-state index in [1.807, 2.05) is 0 Å². The fourth-order valence-electron chi connectivity index (χ4n) is 2.32. The number of halogens is 4. The van der Waals surface area contributed by atoms with Crippen LogP contribution in [0.5, 0.6) is 5.75 Å². The molecule has 0 saturated carbocycles. The standard InChI is InChI=1S/C17H12F4N2O.H4N2O2S/c1-24-15-8-7-11(9-13(15)18)14-10-16(17(19,20)21)22-23(14)12-5-3-2-4-6-12;1-5(2,3)4/h2-10H,1H3;(H4,1,2,3,4). The Labute approximate surface area is 163 Å². The minimum Gasteiger partial charge on any atom is -0.494 e. The van der Waals surface area contributed by atoms with E-state index in [4.69, 9.17) is 4.74 Å². The first-order valence-electron chi connectivity index (χ1n) is 7.77. The molecule has 0 radical (unpaired) electrons. The SMILES string of the molecule is COc1ccc(-c2cc(C(F)(F)F)nn2-c2ccccc2)cc1F.NS(N)(=O)=O. The van der Waals surface area contributed by atoms with Gasteiger partial charge in [0.2, 0.25) is 0 Å². The van der Waals surface area contributed by atoms with Crippen LogP contribution in [0.1, 0.15) is 5.69 Å². The molecular formula is C17H16F4N4O3S. The van der Waals surface area contributed by atoms with Gasteiger partial charge < -0.3 is 4.74 Å². The van der Waals surface area contributed by atoms with Gasteiger partial charge in [-0.2, -0.15) is 26.7 Å². The molecule has 3 aromatic rings. The second-order valence-electron chi connectivity index (χ2n) is 5.60. The van der Waals surface area contributed by atoms with E-state index in [0.717, 1.165) is 16.8 Å². The summed E-state index contributed by atoms with van der Waals surface area (Å²) in [5, 5.41) is 11.8. The van der Waals surface area contributed by atoms with Gasteiger partial charge in [0.25, 0.3) is 10.2 Å². The molecule has 0 aliphatic heterocycles. The highest BCUT2D eigenvalue weighted by atomic mass is 32.2. The number of nitrogens with two attached hydrogens (primary N) is 2. The summed E-state index contributed by atoms with van der Waals surface area (Å²) in [6.45, 7) is 0. The van der Waals surface area contributed by atoms with Crippen molar-refractivity contribution >= 4 is 10.2 Å². The molecule has 3 rings (SSSR count). The summed E-state index contributed by atoms with van der Waals surface area (Å²) in [4.78, 5) is 0. The molecule has 0 spiro atoms. The van der Waals surface area contributed by atoms with Gasteiger partial charge in [-0.15, -0.1) is 0 Å². The smallest absolute Gasteiger partial charge is 0.435 e. The first-order chi connectivity index (χ1) is 13.4. The van der Waals surface area contributed by atoms with Crippen molar-refractivity contribution in [1.29, 1.82) is 0 Å². The quantitative estimate of drug-likeness (QED) is 0.620. The monoisotopic (exact) mass is 432 g/mol. The normalized spacial score (nSPS) is 11.6. The molecule has 0 bridgehead atoms. The number of nitrogens with zero attached hydrogens (tertiary/aromatic N) is 2. The average molecular weight is 432 g/mol. The summed E-state index contributed by atoms with van der Waals surface area (Å²) in [6, 6.07) is 13.2. The lowest BCUT2D eigenvalue weighted by atomic mass is 10.1. The minimum atomic E-state index is -4.60. The zero-order valence-corrected chi connectivity index (χ0v) is 15.7. The molecule has 29 heavy (non-hydrogen) atoms. The predicted octanol–water partition coefficient (Wildman–Crippen LogP) is 2.85. The molecule has 0 aliphatic carbocycles. The molecule has 0 unspecified atom stereocenters. The van der Waals surface area contributed by atoms with E-state index in [2.05, 4.69) is 15.4 Å². The average Bonchev–Trinajstić information content (AvgIpc) is 3.07. The maximum atomic E-state index is 13.9. The van der Waals surface area contributed by atoms with Gasteiger partial charge in [0.05, 0.1) is 18.5 Å². The topological polar surface area (TPSA) is 113 Å². The molecule has 0 aliphatic rings. The van der Waals surface area contributed by atoms with Gasteiger partial charge in [-0.05, 0) is 36.4 Å². The summed E-state index contributed by atoms with van der Waals surface area (Å²) < 4.78 is 77.4. The Hall–Kier alpha value is -2.96. The van der Waals surface area contributed by atoms with Gasteiger partial charge >= 0.3 is 6.18 Å². The van der Waals surface area contributed by atoms with Crippen molar-refractivity contribution < 1.29 is 30.7 Å². The van der Waals surface area contributed by atoms with Gasteiger partial charge in [0, 0.05) is 5.56 Å². The van der Waals surface area contributed by atoms with E-state index in [1.165, 1.54) is 19.2 Å². The van der Waals surface area contributed by atoms with Gasteiger partial charge in [-0.3, -0.25) is 0 Å². The van der Waals surface area contributed by atoms with E-state index in [9.17, 15) is 26.0 Å². The number of hydrogen-bond donors (Lipinski definition) is 2. The molecule has 4 N–H and O–H groups in total. The fraction of sp³-hybridized carbons (Fsp3) is 0.118. The summed E-state index contributed by atoms with van der Waals surface area (Å²) >= 11 is 0. The van der Waals surface area contributed by atoms with Crippen LogP contribution in [0.3, 0.4) is 0 Å². The zero-order valence-electron chi connectivity index (χ0n) is 14.9. The van der Waals surface area contributed by atoms with Gasteiger partial charge in [0.1, 0.15) is 0 Å². The molecular weight excluding hydrogens is 416 g/mol. The summed E-state index contributed by atoms with van der Waals surface area (Å²) in [5.74, 6) is -0.648. The zero-order chi connectivity index (χ0) is 21.8. The van der Waals surface area contributed by atoms with Crippen molar-refractivity contribution in [3.8, 4) is 22.7 Å². The lowest BCUT2D eigenvalue weighted by Crippen LogP contribution is -2.21. The lowest BCUT2D eigenvalue weighted by Gasteiger charge is -2.09. The van der Waals surface area contributed by atoms with E-state index >= 15 is 0 Å². The molecule has 156 valence electrons. The molecule has 1 heterocycles. The largest absolute Gasteiger partial charge is 0.494 e. The Morgan fingerprint density at radius 2 is 1.62 bits per heavy atom. The maximum Gasteiger partial charge on any atom is 0.435 e. The Morgan fingerprint density at radius 1 is 1.03 bits per heavy atom. The number of ether oxygens (including phenoxy) is 1. The molecule has 12 heteroatoms. The molecule has 0 saturated heterocycles. The molecule has 0 atom stereocenters. The molecule has 0 fully saturated rings. The van der Waals surface area contributed by atoms with Gasteiger partial charge in [-0.25, -0.2) is 19.4 Å². The molecule has 0 amide bonds. The second-order valence-corrected chi connectivity index (χ2v) is 6.78. The molecule has 1 aromatic heterocycles. The van der Waals surface area contributed by atoms with Gasteiger partial charge in [0.15, 0.2) is 17.3 Å². The van der Waals surface area contributed by atoms with Crippen LogP contribution in [0.25, 0.3) is 16.9 Å². The van der Waals surface area contributed by atoms with Crippen LogP contribution in [0.15, 0.2) is 54.6 Å². The van der Waals surface area contributed by atoms with Crippen molar-refractivity contribution in [3.63, 3.8) is 0 Å². The first kappa shape index (κ1) is 22.3. The Balaban J connectivity index is 0.000000537. The van der Waals surface area contributed by atoms with Crippen molar-refractivity contribution in [2.75, 3.05) is 7.11 Å². The minimum absolute atomic E-state index is 0.0144. The third-order valence-corrected chi connectivity index (χ3v) is 3.45. The molecule has 7 nitrogen and oxygen atoms in total. The summed E-state index contributed by atoms with van der Waals surface area (Å²) in [5.41, 5.74) is -0.202. The second kappa shape index (κ2) is 8.59. The Morgan fingerprint density at radius 3 is 2.10 bits per heavy atom. The van der Waals surface area contributed by atoms with Crippen molar-refractivity contribution in [1.82, 2.24) is 9.78 Å². The Bertz CT molecular complexity index is 1080. The van der Waals surface area contributed by atoms with E-state index in [1.54, 1.807) is 30.3 Å². The number of hydrogen-bond acceptors (Lipinski definition) is 4. The number of benzene rings is 2. The third kappa shape index (κ3) is 6.27. The van der Waals surface area contributed by atoms with Crippen LogP contribution in [0, 0.1) is 5.82 Å². The fourth-order valence-corrected chi connectivity index (χ4v) is 2.32. The summed E-state index contributed by atoms with van der Waals surface area (Å²) in [7, 11) is -2.35. The number of alkyl halides is 3. The molecule has 2 aromatic carbocycles. The van der Waals surface area contributed by atoms with Crippen LogP contribution in [-0.4, -0.2) is 25.3 Å². The lowest BCUT2D eigenvalue weighted by molar-refractivity contribution is -0.141. The van der Waals surface area contributed by atoms with Crippen LogP contribution < -0.4 is 15.0 Å². The van der Waals surface area contributed by atoms with Crippen molar-refractivity contribution in [2.45, 2.75) is 6.18 Å². The number of aromatic nitrogens is 2. The van der Waals surface area contributed by atoms with Crippen molar-refractivity contribution in [3.05, 3.63) is 66.1 Å². The van der Waals surface area contributed by atoms with Gasteiger partial charge in [-0.1, -0.05) is 18.2 Å². The van der Waals surface area contributed by atoms with Crippen molar-refractivity contribution in [2.24, 2.45) is 10.3 Å². The number of methoxy groups -OCH3 is 1. The van der Waals surface area contributed by atoms with Crippen LogP contribution >= 0.6 is 0 Å². The Kier molecular flexibility index (Phi) is 6.62. The van der Waals surface area contributed by atoms with E-state index < -0.39 is 27.9 Å². The van der Waals surface area contributed by atoms with Crippen LogP contribution in [0.4, 0.5) is 17.6 Å².